The van der Waals surface area contributed by atoms with Crippen LogP contribution in [-0.2, 0) is 11.3 Å². The van der Waals surface area contributed by atoms with Gasteiger partial charge in [0.05, 0.1) is 12.2 Å². The van der Waals surface area contributed by atoms with E-state index >= 15 is 0 Å². The van der Waals surface area contributed by atoms with E-state index in [-0.39, 0.29) is 11.8 Å². The average molecular weight is 275 g/mol. The fraction of sp³-hybridized carbons (Fsp3) is 0.625. The lowest BCUT2D eigenvalue weighted by molar-refractivity contribution is -0.137. The highest BCUT2D eigenvalue weighted by atomic mass is 16.2. The van der Waals surface area contributed by atoms with Crippen LogP contribution < -0.4 is 5.73 Å². The molecule has 1 saturated carbocycles. The van der Waals surface area contributed by atoms with Gasteiger partial charge in [0.2, 0.25) is 5.91 Å². The minimum atomic E-state index is 0.182. The van der Waals surface area contributed by atoms with Gasteiger partial charge in [-0.3, -0.25) is 9.78 Å². The molecule has 1 aliphatic rings. The van der Waals surface area contributed by atoms with Crippen LogP contribution in [0.15, 0.2) is 24.4 Å². The maximum Gasteiger partial charge on any atom is 0.226 e. The van der Waals surface area contributed by atoms with Crippen molar-refractivity contribution >= 4 is 5.91 Å². The number of nitrogens with two attached hydrogens (primary N) is 1. The molecule has 0 unspecified atom stereocenters. The van der Waals surface area contributed by atoms with Crippen LogP contribution in [-0.4, -0.2) is 28.9 Å². The second-order valence-electron chi connectivity index (χ2n) is 5.63. The topological polar surface area (TPSA) is 59.2 Å². The van der Waals surface area contributed by atoms with Gasteiger partial charge in [-0.15, -0.1) is 0 Å². The van der Waals surface area contributed by atoms with Crippen LogP contribution >= 0.6 is 0 Å². The average Bonchev–Trinajstić information content (AvgIpc) is 2.53. The fourth-order valence-electron chi connectivity index (χ4n) is 2.94. The zero-order chi connectivity index (χ0) is 14.4. The normalized spacial score (nSPS) is 22.5. The van der Waals surface area contributed by atoms with Crippen LogP contribution in [0.3, 0.4) is 0 Å². The number of hydrogen-bond acceptors (Lipinski definition) is 3. The predicted molar refractivity (Wildman–Crippen MR) is 79.8 cm³/mol. The van der Waals surface area contributed by atoms with E-state index in [1.807, 2.05) is 30.0 Å². The number of carbonyl (C=O) groups excluding carboxylic acids is 1. The van der Waals surface area contributed by atoms with Crippen molar-refractivity contribution in [2.45, 2.75) is 39.2 Å². The zero-order valence-corrected chi connectivity index (χ0v) is 12.3. The molecule has 0 bridgehead atoms. The van der Waals surface area contributed by atoms with E-state index in [4.69, 9.17) is 5.73 Å². The summed E-state index contributed by atoms with van der Waals surface area (Å²) in [5.41, 5.74) is 6.67. The Bertz CT molecular complexity index is 413. The van der Waals surface area contributed by atoms with E-state index in [1.54, 1.807) is 6.20 Å². The van der Waals surface area contributed by atoms with Crippen LogP contribution in [0.25, 0.3) is 0 Å². The Morgan fingerprint density at radius 2 is 2.10 bits per heavy atom. The van der Waals surface area contributed by atoms with Crippen molar-refractivity contribution in [2.24, 2.45) is 17.6 Å². The van der Waals surface area contributed by atoms with Crippen molar-refractivity contribution in [1.82, 2.24) is 9.88 Å². The monoisotopic (exact) mass is 275 g/mol. The summed E-state index contributed by atoms with van der Waals surface area (Å²) in [4.78, 5) is 18.8. The Hall–Kier alpha value is -1.42. The summed E-state index contributed by atoms with van der Waals surface area (Å²) in [5, 5.41) is 0. The highest BCUT2D eigenvalue weighted by Gasteiger charge is 2.28. The van der Waals surface area contributed by atoms with Gasteiger partial charge in [-0.05, 0) is 57.2 Å². The summed E-state index contributed by atoms with van der Waals surface area (Å²) in [7, 11) is 0. The third kappa shape index (κ3) is 3.79. The van der Waals surface area contributed by atoms with Crippen molar-refractivity contribution in [3.05, 3.63) is 30.1 Å². The molecule has 0 radical (unpaired) electrons. The summed E-state index contributed by atoms with van der Waals surface area (Å²) < 4.78 is 0. The Balaban J connectivity index is 1.92. The molecule has 2 N–H and O–H groups in total. The predicted octanol–water partition coefficient (Wildman–Crippen LogP) is 2.20. The summed E-state index contributed by atoms with van der Waals surface area (Å²) >= 11 is 0. The van der Waals surface area contributed by atoms with Gasteiger partial charge in [0.1, 0.15) is 0 Å². The van der Waals surface area contributed by atoms with Gasteiger partial charge in [-0.25, -0.2) is 0 Å². The second kappa shape index (κ2) is 7.39. The molecular formula is C16H25N3O. The van der Waals surface area contributed by atoms with E-state index in [2.05, 4.69) is 4.98 Å². The van der Waals surface area contributed by atoms with E-state index in [0.29, 0.717) is 12.5 Å². The SMILES string of the molecule is CCN(Cc1ccccn1)C(=O)C1CCC(CN)CC1. The first-order chi connectivity index (χ1) is 9.74. The lowest BCUT2D eigenvalue weighted by Crippen LogP contribution is -2.38. The standard InChI is InChI=1S/C16H25N3O/c1-2-19(12-15-5-3-4-10-18-15)16(20)14-8-6-13(11-17)7-9-14/h3-5,10,13-14H,2,6-9,11-12,17H2,1H3. The molecule has 0 atom stereocenters. The van der Waals surface area contributed by atoms with E-state index < -0.39 is 0 Å². The van der Waals surface area contributed by atoms with Crippen LogP contribution in [0.5, 0.6) is 0 Å². The van der Waals surface area contributed by atoms with Crippen LogP contribution in [0.1, 0.15) is 38.3 Å². The maximum atomic E-state index is 12.6. The minimum absolute atomic E-state index is 0.182. The molecule has 1 fully saturated rings. The summed E-state index contributed by atoms with van der Waals surface area (Å²) in [6, 6.07) is 5.84. The van der Waals surface area contributed by atoms with Gasteiger partial charge in [-0.2, -0.15) is 0 Å². The minimum Gasteiger partial charge on any atom is -0.337 e. The Morgan fingerprint density at radius 3 is 2.65 bits per heavy atom. The van der Waals surface area contributed by atoms with Gasteiger partial charge in [-0.1, -0.05) is 6.07 Å². The molecule has 1 amide bonds. The molecule has 0 aromatic carbocycles. The molecule has 2 rings (SSSR count). The first kappa shape index (κ1) is 15.0. The number of amides is 1. The van der Waals surface area contributed by atoms with Crippen molar-refractivity contribution in [2.75, 3.05) is 13.1 Å². The number of carbonyl (C=O) groups is 1. The van der Waals surface area contributed by atoms with Gasteiger partial charge in [0, 0.05) is 18.7 Å². The number of hydrogen-bond donors (Lipinski definition) is 1. The van der Waals surface area contributed by atoms with Crippen molar-refractivity contribution in [3.8, 4) is 0 Å². The summed E-state index contributed by atoms with van der Waals surface area (Å²) in [6.07, 6.45) is 5.93. The van der Waals surface area contributed by atoms with Crippen LogP contribution in [0, 0.1) is 11.8 Å². The van der Waals surface area contributed by atoms with Crippen LogP contribution in [0.2, 0.25) is 0 Å². The van der Waals surface area contributed by atoms with Crippen molar-refractivity contribution in [3.63, 3.8) is 0 Å². The second-order valence-corrected chi connectivity index (χ2v) is 5.63. The Labute approximate surface area is 121 Å². The lowest BCUT2D eigenvalue weighted by Gasteiger charge is -2.31. The van der Waals surface area contributed by atoms with Crippen molar-refractivity contribution in [1.29, 1.82) is 0 Å². The summed E-state index contributed by atoms with van der Waals surface area (Å²) in [5.74, 6) is 1.08. The molecule has 1 aromatic rings. The highest BCUT2D eigenvalue weighted by molar-refractivity contribution is 5.78. The summed E-state index contributed by atoms with van der Waals surface area (Å²) in [6.45, 7) is 4.15. The largest absolute Gasteiger partial charge is 0.337 e. The molecule has 1 aromatic heterocycles. The molecule has 0 spiro atoms. The third-order valence-corrected chi connectivity index (χ3v) is 4.30. The Kier molecular flexibility index (Phi) is 5.53. The molecule has 20 heavy (non-hydrogen) atoms. The zero-order valence-electron chi connectivity index (χ0n) is 12.3. The fourth-order valence-corrected chi connectivity index (χ4v) is 2.94. The van der Waals surface area contributed by atoms with E-state index in [9.17, 15) is 4.79 Å². The first-order valence-corrected chi connectivity index (χ1v) is 7.63. The lowest BCUT2D eigenvalue weighted by atomic mass is 9.81. The Morgan fingerprint density at radius 1 is 1.35 bits per heavy atom. The number of pyridine rings is 1. The number of aromatic nitrogens is 1. The number of rotatable bonds is 5. The van der Waals surface area contributed by atoms with E-state index in [1.165, 1.54) is 0 Å². The molecule has 0 saturated heterocycles. The van der Waals surface area contributed by atoms with Gasteiger partial charge in [0.25, 0.3) is 0 Å². The van der Waals surface area contributed by atoms with Crippen LogP contribution in [0.4, 0.5) is 0 Å². The molecule has 0 aliphatic heterocycles. The smallest absolute Gasteiger partial charge is 0.226 e. The van der Waals surface area contributed by atoms with E-state index in [0.717, 1.165) is 44.5 Å². The molecule has 1 aliphatic carbocycles. The first-order valence-electron chi connectivity index (χ1n) is 7.63. The molecular weight excluding hydrogens is 250 g/mol. The highest BCUT2D eigenvalue weighted by Crippen LogP contribution is 2.29. The molecule has 4 nitrogen and oxygen atoms in total. The quantitative estimate of drug-likeness (QED) is 0.896. The number of nitrogens with zero attached hydrogens (tertiary/aromatic N) is 2. The van der Waals surface area contributed by atoms with Gasteiger partial charge >= 0.3 is 0 Å². The molecule has 1 heterocycles. The van der Waals surface area contributed by atoms with Gasteiger partial charge in [0.15, 0.2) is 0 Å². The van der Waals surface area contributed by atoms with Crippen molar-refractivity contribution < 1.29 is 4.79 Å². The molecule has 4 heteroatoms. The molecule has 110 valence electrons. The third-order valence-electron chi connectivity index (χ3n) is 4.30. The van der Waals surface area contributed by atoms with Gasteiger partial charge < -0.3 is 10.6 Å². The maximum absolute atomic E-state index is 12.6.